The maximum absolute atomic E-state index is 12.8. The average molecular weight is 471 g/mol. The topological polar surface area (TPSA) is 65.1 Å². The number of carbonyl (C=O) groups is 2. The summed E-state index contributed by atoms with van der Waals surface area (Å²) in [6.45, 7) is 7.00. The zero-order chi connectivity index (χ0) is 24.0. The van der Waals surface area contributed by atoms with Crippen molar-refractivity contribution < 1.29 is 14.3 Å². The van der Waals surface area contributed by atoms with E-state index >= 15 is 0 Å². The third-order valence-corrected chi connectivity index (χ3v) is 6.51. The normalized spacial score (nSPS) is 16.8. The van der Waals surface area contributed by atoms with Crippen molar-refractivity contribution in [3.05, 3.63) is 95.6 Å². The molecule has 1 N–H and O–H groups in total. The number of benzene rings is 3. The van der Waals surface area contributed by atoms with Crippen molar-refractivity contribution in [3.8, 4) is 0 Å². The Balaban J connectivity index is 1.12. The van der Waals surface area contributed by atoms with Crippen molar-refractivity contribution in [2.45, 2.75) is 13.1 Å². The number of rotatable bonds is 7. The van der Waals surface area contributed by atoms with Gasteiger partial charge >= 0.3 is 6.09 Å². The number of nitrogens with one attached hydrogen (secondary N) is 1. The number of cyclic esters (lactones) is 1. The van der Waals surface area contributed by atoms with Crippen molar-refractivity contribution in [2.75, 3.05) is 49.5 Å². The summed E-state index contributed by atoms with van der Waals surface area (Å²) in [4.78, 5) is 31.1. The molecule has 0 aliphatic carbocycles. The lowest BCUT2D eigenvalue weighted by Crippen LogP contribution is -2.45. The molecule has 2 fully saturated rings. The minimum atomic E-state index is -0.379. The molecule has 0 unspecified atom stereocenters. The van der Waals surface area contributed by atoms with Gasteiger partial charge in [-0.3, -0.25) is 19.5 Å². The molecule has 2 heterocycles. The van der Waals surface area contributed by atoms with E-state index in [-0.39, 0.29) is 12.0 Å². The van der Waals surface area contributed by atoms with Gasteiger partial charge in [-0.15, -0.1) is 0 Å². The van der Waals surface area contributed by atoms with Crippen LogP contribution in [0.5, 0.6) is 0 Å². The summed E-state index contributed by atoms with van der Waals surface area (Å²) in [5.74, 6) is -0.207. The molecule has 0 radical (unpaired) electrons. The van der Waals surface area contributed by atoms with Crippen LogP contribution < -0.4 is 10.2 Å². The number of piperazine rings is 1. The van der Waals surface area contributed by atoms with Crippen molar-refractivity contribution in [1.82, 2.24) is 9.80 Å². The Morgan fingerprint density at radius 3 is 2.06 bits per heavy atom. The van der Waals surface area contributed by atoms with Crippen LogP contribution in [0, 0.1) is 0 Å². The van der Waals surface area contributed by atoms with Crippen LogP contribution in [0.15, 0.2) is 78.9 Å². The van der Waals surface area contributed by atoms with Gasteiger partial charge in [-0.05, 0) is 41.5 Å². The fourth-order valence-corrected chi connectivity index (χ4v) is 4.55. The quantitative estimate of drug-likeness (QED) is 0.560. The fraction of sp³-hybridized carbons (Fsp3) is 0.286. The molecule has 5 rings (SSSR count). The second-order valence-electron chi connectivity index (χ2n) is 9.01. The van der Waals surface area contributed by atoms with Crippen LogP contribution in [0.25, 0.3) is 0 Å². The summed E-state index contributed by atoms with van der Waals surface area (Å²) in [7, 11) is 0. The molecule has 0 saturated carbocycles. The maximum atomic E-state index is 12.8. The Morgan fingerprint density at radius 1 is 0.771 bits per heavy atom. The molecular formula is C28H30N4O3. The Morgan fingerprint density at radius 2 is 1.43 bits per heavy atom. The predicted octanol–water partition coefficient (Wildman–Crippen LogP) is 4.21. The largest absolute Gasteiger partial charge is 0.447 e. The molecule has 7 heteroatoms. The van der Waals surface area contributed by atoms with Crippen LogP contribution in [0.3, 0.4) is 0 Å². The smallest absolute Gasteiger partial charge is 0.414 e. The van der Waals surface area contributed by atoms with Crippen LogP contribution in [0.2, 0.25) is 0 Å². The lowest BCUT2D eigenvalue weighted by Gasteiger charge is -2.34. The molecule has 3 aromatic rings. The Hall–Kier alpha value is -3.68. The van der Waals surface area contributed by atoms with E-state index in [4.69, 9.17) is 4.74 Å². The van der Waals surface area contributed by atoms with Crippen molar-refractivity contribution in [3.63, 3.8) is 0 Å². The van der Waals surface area contributed by atoms with Gasteiger partial charge in [0.05, 0.1) is 6.54 Å². The summed E-state index contributed by atoms with van der Waals surface area (Å²) < 4.78 is 4.99. The molecule has 0 aromatic heterocycles. The SMILES string of the molecule is O=C(Nc1ccc(CN2CCN(Cc3ccccc3)CC2)cc1)c1cccc(N2CCOC2=O)c1. The molecule has 0 bridgehead atoms. The highest BCUT2D eigenvalue weighted by atomic mass is 16.6. The van der Waals surface area contributed by atoms with E-state index in [1.165, 1.54) is 16.0 Å². The third kappa shape index (κ3) is 5.88. The standard InChI is InChI=1S/C28H30N4O3/c33-27(24-7-4-8-26(19-24)32-17-18-35-28(32)34)29-25-11-9-23(10-12-25)21-31-15-13-30(14-16-31)20-22-5-2-1-3-6-22/h1-12,19H,13-18,20-21H2,(H,29,33). The highest BCUT2D eigenvalue weighted by Gasteiger charge is 2.24. The maximum Gasteiger partial charge on any atom is 0.414 e. The van der Waals surface area contributed by atoms with Gasteiger partial charge in [0, 0.05) is 56.2 Å². The molecule has 2 aliphatic heterocycles. The Bertz CT molecular complexity index is 1160. The van der Waals surface area contributed by atoms with Crippen LogP contribution >= 0.6 is 0 Å². The van der Waals surface area contributed by atoms with Crippen LogP contribution in [0.4, 0.5) is 16.2 Å². The van der Waals surface area contributed by atoms with E-state index in [1.807, 2.05) is 12.1 Å². The molecule has 0 atom stereocenters. The minimum absolute atomic E-state index is 0.207. The van der Waals surface area contributed by atoms with Gasteiger partial charge in [0.1, 0.15) is 6.61 Å². The van der Waals surface area contributed by atoms with Gasteiger partial charge in [0.25, 0.3) is 5.91 Å². The molecule has 0 spiro atoms. The molecule has 2 amide bonds. The lowest BCUT2D eigenvalue weighted by molar-refractivity contribution is 0.102. The van der Waals surface area contributed by atoms with E-state index in [0.717, 1.165) is 45.0 Å². The summed E-state index contributed by atoms with van der Waals surface area (Å²) in [6, 6.07) is 25.7. The van der Waals surface area contributed by atoms with Gasteiger partial charge in [-0.25, -0.2) is 4.79 Å². The number of amides is 2. The Labute approximate surface area is 205 Å². The van der Waals surface area contributed by atoms with Gasteiger partial charge in [-0.1, -0.05) is 48.5 Å². The molecular weight excluding hydrogens is 440 g/mol. The highest BCUT2D eigenvalue weighted by molar-refractivity contribution is 6.05. The predicted molar refractivity (Wildman–Crippen MR) is 137 cm³/mol. The fourth-order valence-electron chi connectivity index (χ4n) is 4.55. The van der Waals surface area contributed by atoms with Gasteiger partial charge in [-0.2, -0.15) is 0 Å². The minimum Gasteiger partial charge on any atom is -0.447 e. The summed E-state index contributed by atoms with van der Waals surface area (Å²) in [5.41, 5.74) is 4.51. The number of hydrogen-bond acceptors (Lipinski definition) is 5. The van der Waals surface area contributed by atoms with Crippen LogP contribution in [-0.2, 0) is 17.8 Å². The van der Waals surface area contributed by atoms with Gasteiger partial charge in [0.2, 0.25) is 0 Å². The van der Waals surface area contributed by atoms with Crippen molar-refractivity contribution in [1.29, 1.82) is 0 Å². The number of carbonyl (C=O) groups excluding carboxylic acids is 2. The second-order valence-corrected chi connectivity index (χ2v) is 9.01. The van der Waals surface area contributed by atoms with E-state index in [1.54, 1.807) is 24.3 Å². The van der Waals surface area contributed by atoms with E-state index < -0.39 is 0 Å². The lowest BCUT2D eigenvalue weighted by atomic mass is 10.1. The first kappa shape index (κ1) is 23.1. The van der Waals surface area contributed by atoms with E-state index in [2.05, 4.69) is 57.6 Å². The molecule has 7 nitrogen and oxygen atoms in total. The summed E-state index contributed by atoms with van der Waals surface area (Å²) in [6.07, 6.45) is -0.379. The van der Waals surface area contributed by atoms with Crippen molar-refractivity contribution in [2.24, 2.45) is 0 Å². The second kappa shape index (κ2) is 10.7. The number of anilines is 2. The van der Waals surface area contributed by atoms with Crippen molar-refractivity contribution >= 4 is 23.4 Å². The monoisotopic (exact) mass is 470 g/mol. The summed E-state index contributed by atoms with van der Waals surface area (Å²) in [5, 5.41) is 2.95. The number of hydrogen-bond donors (Lipinski definition) is 1. The molecule has 2 aliphatic rings. The number of nitrogens with zero attached hydrogens (tertiary/aromatic N) is 3. The third-order valence-electron chi connectivity index (χ3n) is 6.51. The molecule has 35 heavy (non-hydrogen) atoms. The van der Waals surface area contributed by atoms with Gasteiger partial charge in [0.15, 0.2) is 0 Å². The highest BCUT2D eigenvalue weighted by Crippen LogP contribution is 2.21. The molecule has 180 valence electrons. The first-order valence-electron chi connectivity index (χ1n) is 12.1. The van der Waals surface area contributed by atoms with E-state index in [0.29, 0.717) is 24.4 Å². The first-order valence-corrected chi connectivity index (χ1v) is 12.1. The first-order chi connectivity index (χ1) is 17.1. The molecule has 3 aromatic carbocycles. The average Bonchev–Trinajstić information content (AvgIpc) is 3.33. The summed E-state index contributed by atoms with van der Waals surface area (Å²) >= 11 is 0. The Kier molecular flexibility index (Phi) is 7.07. The van der Waals surface area contributed by atoms with E-state index in [9.17, 15) is 9.59 Å². The molecule has 2 saturated heterocycles. The number of ether oxygens (including phenoxy) is 1. The zero-order valence-corrected chi connectivity index (χ0v) is 19.7. The van der Waals surface area contributed by atoms with Crippen LogP contribution in [0.1, 0.15) is 21.5 Å². The zero-order valence-electron chi connectivity index (χ0n) is 19.7. The van der Waals surface area contributed by atoms with Gasteiger partial charge < -0.3 is 10.1 Å². The van der Waals surface area contributed by atoms with Crippen LogP contribution in [-0.4, -0.2) is 61.1 Å².